The number of carboxylic acids is 1. The van der Waals surface area contributed by atoms with Gasteiger partial charge in [0, 0.05) is 30.3 Å². The summed E-state index contributed by atoms with van der Waals surface area (Å²) in [7, 11) is 0. The zero-order valence-corrected chi connectivity index (χ0v) is 12.7. The van der Waals surface area contributed by atoms with Crippen LogP contribution in [0.2, 0.25) is 0 Å². The van der Waals surface area contributed by atoms with Gasteiger partial charge in [-0.25, -0.2) is 0 Å². The third-order valence-corrected chi connectivity index (χ3v) is 3.63. The van der Waals surface area contributed by atoms with Gasteiger partial charge >= 0.3 is 5.97 Å². The number of nitrogens with zero attached hydrogens (tertiary/aromatic N) is 1. The van der Waals surface area contributed by atoms with E-state index in [0.29, 0.717) is 18.5 Å². The number of rotatable bonds is 8. The summed E-state index contributed by atoms with van der Waals surface area (Å²) >= 11 is 0. The second-order valence-corrected chi connectivity index (χ2v) is 5.94. The van der Waals surface area contributed by atoms with Crippen LogP contribution < -0.4 is 5.32 Å². The molecular formula is C15H22N2O4. The topological polar surface area (TPSA) is 92.5 Å². The Morgan fingerprint density at radius 2 is 2.05 bits per heavy atom. The zero-order chi connectivity index (χ0) is 16.0. The first kappa shape index (κ1) is 16.9. The summed E-state index contributed by atoms with van der Waals surface area (Å²) in [5.74, 6) is -0.787. The van der Waals surface area contributed by atoms with Gasteiger partial charge in [0.05, 0.1) is 4.92 Å². The number of aliphatic carboxylic acids is 1. The predicted octanol–water partition coefficient (Wildman–Crippen LogP) is 3.60. The molecule has 116 valence electrons. The Morgan fingerprint density at radius 3 is 2.62 bits per heavy atom. The molecule has 0 amide bonds. The molecular weight excluding hydrogens is 272 g/mol. The number of carbonyl (C=O) groups is 1. The van der Waals surface area contributed by atoms with E-state index in [0.717, 1.165) is 12.1 Å². The third kappa shape index (κ3) is 5.41. The highest BCUT2D eigenvalue weighted by atomic mass is 16.6. The van der Waals surface area contributed by atoms with Gasteiger partial charge in [0.1, 0.15) is 0 Å². The minimum atomic E-state index is -0.787. The lowest BCUT2D eigenvalue weighted by Gasteiger charge is -2.24. The summed E-state index contributed by atoms with van der Waals surface area (Å²) in [6.07, 6.45) is 1.56. The summed E-state index contributed by atoms with van der Waals surface area (Å²) in [6.45, 7) is 6.42. The number of benzene rings is 1. The van der Waals surface area contributed by atoms with Gasteiger partial charge in [0.25, 0.3) is 5.69 Å². The molecule has 1 aromatic rings. The van der Waals surface area contributed by atoms with Gasteiger partial charge < -0.3 is 10.4 Å². The van der Waals surface area contributed by atoms with E-state index in [-0.39, 0.29) is 17.5 Å². The van der Waals surface area contributed by atoms with E-state index in [1.165, 1.54) is 6.07 Å². The molecule has 2 N–H and O–H groups in total. The molecule has 0 aromatic heterocycles. The van der Waals surface area contributed by atoms with Crippen molar-refractivity contribution in [2.75, 3.05) is 11.9 Å². The number of hydrogen-bond acceptors (Lipinski definition) is 4. The van der Waals surface area contributed by atoms with Crippen LogP contribution >= 0.6 is 0 Å². The Balaban J connectivity index is 2.58. The highest BCUT2D eigenvalue weighted by Crippen LogP contribution is 2.28. The number of hydrogen-bond donors (Lipinski definition) is 2. The van der Waals surface area contributed by atoms with Gasteiger partial charge in [-0.3, -0.25) is 14.9 Å². The van der Waals surface area contributed by atoms with E-state index < -0.39 is 10.9 Å². The van der Waals surface area contributed by atoms with Crippen LogP contribution in [0.1, 0.15) is 38.7 Å². The largest absolute Gasteiger partial charge is 0.481 e. The van der Waals surface area contributed by atoms with E-state index in [1.807, 2.05) is 19.9 Å². The Morgan fingerprint density at radius 1 is 1.38 bits per heavy atom. The third-order valence-electron chi connectivity index (χ3n) is 3.63. The molecule has 0 heterocycles. The summed E-state index contributed by atoms with van der Waals surface area (Å²) in [6, 6.07) is 4.95. The average molecular weight is 294 g/mol. The van der Waals surface area contributed by atoms with E-state index in [2.05, 4.69) is 5.32 Å². The van der Waals surface area contributed by atoms with Crippen molar-refractivity contribution in [1.29, 1.82) is 0 Å². The molecule has 21 heavy (non-hydrogen) atoms. The fourth-order valence-electron chi connectivity index (χ4n) is 2.12. The van der Waals surface area contributed by atoms with E-state index >= 15 is 0 Å². The minimum Gasteiger partial charge on any atom is -0.481 e. The number of anilines is 1. The highest BCUT2D eigenvalue weighted by molar-refractivity contribution is 5.66. The molecule has 1 aromatic carbocycles. The maximum atomic E-state index is 10.9. The lowest BCUT2D eigenvalue weighted by molar-refractivity contribution is -0.385. The standard InChI is InChI=1S/C15H22N2O4/c1-11-12(5-4-6-13(11)17(20)21)16-10-9-15(2,3)8-7-14(18)19/h4-6,16H,7-10H2,1-3H3,(H,18,19). The minimum absolute atomic E-state index is 0.0833. The van der Waals surface area contributed by atoms with Crippen molar-refractivity contribution in [2.45, 2.75) is 40.0 Å². The molecule has 0 aliphatic carbocycles. The maximum Gasteiger partial charge on any atom is 0.303 e. The molecule has 0 fully saturated rings. The molecule has 0 radical (unpaired) electrons. The normalized spacial score (nSPS) is 11.2. The fourth-order valence-corrected chi connectivity index (χ4v) is 2.12. The van der Waals surface area contributed by atoms with Gasteiger partial charge in [-0.2, -0.15) is 0 Å². The monoisotopic (exact) mass is 294 g/mol. The first-order valence-corrected chi connectivity index (χ1v) is 6.92. The quantitative estimate of drug-likeness (QED) is 0.564. The second kappa shape index (κ2) is 7.06. The first-order chi connectivity index (χ1) is 9.73. The smallest absolute Gasteiger partial charge is 0.303 e. The van der Waals surface area contributed by atoms with Crippen LogP contribution in [-0.4, -0.2) is 22.5 Å². The fraction of sp³-hybridized carbons (Fsp3) is 0.533. The van der Waals surface area contributed by atoms with E-state index in [9.17, 15) is 14.9 Å². The highest BCUT2D eigenvalue weighted by Gasteiger charge is 2.19. The van der Waals surface area contributed by atoms with Crippen LogP contribution in [0.5, 0.6) is 0 Å². The molecule has 1 rings (SSSR count). The number of nitrogens with one attached hydrogen (secondary N) is 1. The molecule has 0 aliphatic rings. The van der Waals surface area contributed by atoms with Crippen molar-refractivity contribution < 1.29 is 14.8 Å². The Hall–Kier alpha value is -2.11. The van der Waals surface area contributed by atoms with Gasteiger partial charge in [-0.1, -0.05) is 19.9 Å². The van der Waals surface area contributed by atoms with Crippen LogP contribution in [0, 0.1) is 22.5 Å². The Kier molecular flexibility index (Phi) is 5.69. The number of nitro groups is 1. The molecule has 6 nitrogen and oxygen atoms in total. The van der Waals surface area contributed by atoms with Crippen LogP contribution in [-0.2, 0) is 4.79 Å². The van der Waals surface area contributed by atoms with Crippen molar-refractivity contribution >= 4 is 17.3 Å². The van der Waals surface area contributed by atoms with E-state index in [1.54, 1.807) is 13.0 Å². The summed E-state index contributed by atoms with van der Waals surface area (Å²) in [4.78, 5) is 21.1. The van der Waals surface area contributed by atoms with Crippen molar-refractivity contribution in [3.05, 3.63) is 33.9 Å². The van der Waals surface area contributed by atoms with Crippen LogP contribution in [0.15, 0.2) is 18.2 Å². The maximum absolute atomic E-state index is 10.9. The average Bonchev–Trinajstić information content (AvgIpc) is 2.38. The van der Waals surface area contributed by atoms with Crippen LogP contribution in [0.4, 0.5) is 11.4 Å². The van der Waals surface area contributed by atoms with Crippen molar-refractivity contribution in [1.82, 2.24) is 0 Å². The Bertz CT molecular complexity index is 526. The molecule has 0 unspecified atom stereocenters. The molecule has 6 heteroatoms. The molecule has 0 saturated carbocycles. The summed E-state index contributed by atoms with van der Waals surface area (Å²) in [5.41, 5.74) is 1.38. The van der Waals surface area contributed by atoms with Crippen LogP contribution in [0.3, 0.4) is 0 Å². The molecule has 0 bridgehead atoms. The number of nitro benzene ring substituents is 1. The van der Waals surface area contributed by atoms with E-state index in [4.69, 9.17) is 5.11 Å². The van der Waals surface area contributed by atoms with Crippen LogP contribution in [0.25, 0.3) is 0 Å². The summed E-state index contributed by atoms with van der Waals surface area (Å²) in [5, 5.41) is 22.8. The van der Waals surface area contributed by atoms with Gasteiger partial charge in [-0.05, 0) is 31.2 Å². The van der Waals surface area contributed by atoms with Crippen molar-refractivity contribution in [3.63, 3.8) is 0 Å². The molecule has 0 atom stereocenters. The lowest BCUT2D eigenvalue weighted by atomic mass is 9.84. The predicted molar refractivity (Wildman–Crippen MR) is 81.6 cm³/mol. The lowest BCUT2D eigenvalue weighted by Crippen LogP contribution is -2.18. The van der Waals surface area contributed by atoms with Gasteiger partial charge in [-0.15, -0.1) is 0 Å². The van der Waals surface area contributed by atoms with Crippen molar-refractivity contribution in [2.24, 2.45) is 5.41 Å². The SMILES string of the molecule is Cc1c(NCCC(C)(C)CCC(=O)O)cccc1[N+](=O)[O-]. The first-order valence-electron chi connectivity index (χ1n) is 6.92. The van der Waals surface area contributed by atoms with Gasteiger partial charge in [0.2, 0.25) is 0 Å². The molecule has 0 aliphatic heterocycles. The summed E-state index contributed by atoms with van der Waals surface area (Å²) < 4.78 is 0. The zero-order valence-electron chi connectivity index (χ0n) is 12.7. The number of carboxylic acid groups (broad SMARTS) is 1. The second-order valence-electron chi connectivity index (χ2n) is 5.94. The van der Waals surface area contributed by atoms with Gasteiger partial charge in [0.15, 0.2) is 0 Å². The Labute approximate surface area is 124 Å². The molecule has 0 saturated heterocycles. The van der Waals surface area contributed by atoms with Crippen molar-refractivity contribution in [3.8, 4) is 0 Å². The molecule has 0 spiro atoms.